The Labute approximate surface area is 166 Å². The molecule has 0 saturated carbocycles. The fourth-order valence-electron chi connectivity index (χ4n) is 3.13. The maximum atomic E-state index is 12.6. The van der Waals surface area contributed by atoms with E-state index in [1.54, 1.807) is 24.3 Å². The number of likely N-dealkylation sites (N-methyl/N-ethyl adjacent to an activating group) is 1. The highest BCUT2D eigenvalue weighted by Gasteiger charge is 2.30. The number of nitrogens with one attached hydrogen (secondary N) is 1. The lowest BCUT2D eigenvalue weighted by Gasteiger charge is -2.21. The van der Waals surface area contributed by atoms with E-state index in [4.69, 9.17) is 4.74 Å². The Morgan fingerprint density at radius 2 is 1.86 bits per heavy atom. The molecule has 1 aliphatic rings. The number of para-hydroxylation sites is 3. The van der Waals surface area contributed by atoms with Gasteiger partial charge in [-0.05, 0) is 24.3 Å². The predicted octanol–water partition coefficient (Wildman–Crippen LogP) is 1.86. The van der Waals surface area contributed by atoms with E-state index >= 15 is 0 Å². The fourth-order valence-corrected chi connectivity index (χ4v) is 4.08. The van der Waals surface area contributed by atoms with Crippen molar-refractivity contribution in [3.8, 4) is 5.75 Å². The molecule has 28 heavy (non-hydrogen) atoms. The second-order valence-electron chi connectivity index (χ2n) is 6.75. The predicted molar refractivity (Wildman–Crippen MR) is 110 cm³/mol. The number of fused-ring (bicyclic) bond motifs is 1. The average Bonchev–Trinajstić information content (AvgIpc) is 2.88. The summed E-state index contributed by atoms with van der Waals surface area (Å²) in [5.41, 5.74) is 1.53. The van der Waals surface area contributed by atoms with E-state index < -0.39 is 16.1 Å². The molecule has 1 aliphatic heterocycles. The highest BCUT2D eigenvalue weighted by Crippen LogP contribution is 2.33. The number of anilines is 2. The Balaban J connectivity index is 1.62. The van der Waals surface area contributed by atoms with E-state index in [1.165, 1.54) is 4.31 Å². The van der Waals surface area contributed by atoms with E-state index in [2.05, 4.69) is 10.2 Å². The SMILES string of the molecule is CN(CCNC(=O)C1CCN(S(C)(=O)=O)c2ccccc2O1)c1ccccc1. The first-order valence-electron chi connectivity index (χ1n) is 9.13. The molecule has 1 unspecified atom stereocenters. The van der Waals surface area contributed by atoms with Gasteiger partial charge >= 0.3 is 0 Å². The summed E-state index contributed by atoms with van der Waals surface area (Å²) in [6.45, 7) is 1.30. The van der Waals surface area contributed by atoms with Gasteiger partial charge in [0.1, 0.15) is 5.75 Å². The van der Waals surface area contributed by atoms with Crippen molar-refractivity contribution in [1.82, 2.24) is 5.32 Å². The molecule has 1 heterocycles. The molecule has 3 rings (SSSR count). The van der Waals surface area contributed by atoms with Crippen LogP contribution in [-0.4, -0.2) is 53.4 Å². The number of carbonyl (C=O) groups is 1. The summed E-state index contributed by atoms with van der Waals surface area (Å²) >= 11 is 0. The maximum absolute atomic E-state index is 12.6. The number of benzene rings is 2. The number of amides is 1. The Morgan fingerprint density at radius 1 is 1.18 bits per heavy atom. The van der Waals surface area contributed by atoms with Crippen LogP contribution in [-0.2, 0) is 14.8 Å². The zero-order chi connectivity index (χ0) is 20.1. The minimum Gasteiger partial charge on any atom is -0.478 e. The third-order valence-electron chi connectivity index (χ3n) is 4.63. The molecule has 1 N–H and O–H groups in total. The second kappa shape index (κ2) is 8.52. The van der Waals surface area contributed by atoms with Gasteiger partial charge in [0.2, 0.25) is 10.0 Å². The van der Waals surface area contributed by atoms with Crippen molar-refractivity contribution < 1.29 is 17.9 Å². The molecule has 1 amide bonds. The third kappa shape index (κ3) is 4.75. The van der Waals surface area contributed by atoms with Crippen LogP contribution in [0, 0.1) is 0 Å². The molecule has 0 aliphatic carbocycles. The molecule has 2 aromatic carbocycles. The molecule has 0 bridgehead atoms. The van der Waals surface area contributed by atoms with E-state index in [1.807, 2.05) is 37.4 Å². The lowest BCUT2D eigenvalue weighted by atomic mass is 10.2. The van der Waals surface area contributed by atoms with Gasteiger partial charge in [0.05, 0.1) is 11.9 Å². The molecule has 0 saturated heterocycles. The lowest BCUT2D eigenvalue weighted by molar-refractivity contribution is -0.127. The normalized spacial score (nSPS) is 16.5. The van der Waals surface area contributed by atoms with Gasteiger partial charge in [-0.25, -0.2) is 8.42 Å². The minimum absolute atomic E-state index is 0.192. The average molecular weight is 404 g/mol. The van der Waals surface area contributed by atoms with Gasteiger partial charge in [0, 0.05) is 38.8 Å². The standard InChI is InChI=1S/C20H25N3O4S/c1-22(16-8-4-3-5-9-16)15-13-21-20(24)19-12-14-23(28(2,25)26)17-10-6-7-11-18(17)27-19/h3-11,19H,12-15H2,1-2H3,(H,21,24). The van der Waals surface area contributed by atoms with Gasteiger partial charge in [-0.3, -0.25) is 9.10 Å². The highest BCUT2D eigenvalue weighted by molar-refractivity contribution is 7.92. The van der Waals surface area contributed by atoms with Gasteiger partial charge in [-0.1, -0.05) is 30.3 Å². The molecular formula is C20H25N3O4S. The zero-order valence-electron chi connectivity index (χ0n) is 16.0. The highest BCUT2D eigenvalue weighted by atomic mass is 32.2. The first kappa shape index (κ1) is 20.0. The van der Waals surface area contributed by atoms with E-state index in [-0.39, 0.29) is 18.9 Å². The molecule has 7 nitrogen and oxygen atoms in total. The van der Waals surface area contributed by atoms with E-state index in [9.17, 15) is 13.2 Å². The van der Waals surface area contributed by atoms with Crippen LogP contribution in [0.5, 0.6) is 5.75 Å². The molecule has 0 spiro atoms. The Morgan fingerprint density at radius 3 is 2.57 bits per heavy atom. The van der Waals surface area contributed by atoms with Crippen LogP contribution in [0.25, 0.3) is 0 Å². The third-order valence-corrected chi connectivity index (χ3v) is 5.81. The van der Waals surface area contributed by atoms with Crippen molar-refractivity contribution >= 4 is 27.3 Å². The number of hydrogen-bond acceptors (Lipinski definition) is 5. The van der Waals surface area contributed by atoms with Crippen LogP contribution in [0.2, 0.25) is 0 Å². The second-order valence-corrected chi connectivity index (χ2v) is 8.65. The Kier molecular flexibility index (Phi) is 6.08. The van der Waals surface area contributed by atoms with Crippen molar-refractivity contribution in [2.75, 3.05) is 42.1 Å². The van der Waals surface area contributed by atoms with Crippen LogP contribution < -0.4 is 19.3 Å². The summed E-state index contributed by atoms with van der Waals surface area (Å²) in [6, 6.07) is 16.8. The van der Waals surface area contributed by atoms with Gasteiger partial charge in [0.25, 0.3) is 5.91 Å². The number of ether oxygens (including phenoxy) is 1. The number of sulfonamides is 1. The Hall–Kier alpha value is -2.74. The van der Waals surface area contributed by atoms with Crippen LogP contribution in [0.4, 0.5) is 11.4 Å². The van der Waals surface area contributed by atoms with Crippen molar-refractivity contribution in [1.29, 1.82) is 0 Å². The summed E-state index contributed by atoms with van der Waals surface area (Å²) in [4.78, 5) is 14.7. The molecule has 0 radical (unpaired) electrons. The fraction of sp³-hybridized carbons (Fsp3) is 0.350. The van der Waals surface area contributed by atoms with Crippen LogP contribution >= 0.6 is 0 Å². The summed E-state index contributed by atoms with van der Waals surface area (Å²) < 4.78 is 31.4. The van der Waals surface area contributed by atoms with Gasteiger partial charge < -0.3 is 15.0 Å². The van der Waals surface area contributed by atoms with Crippen LogP contribution in [0.15, 0.2) is 54.6 Å². The smallest absolute Gasteiger partial charge is 0.261 e. The molecular weight excluding hydrogens is 378 g/mol. The molecule has 0 aromatic heterocycles. The molecule has 8 heteroatoms. The van der Waals surface area contributed by atoms with Crippen LogP contribution in [0.3, 0.4) is 0 Å². The topological polar surface area (TPSA) is 79.0 Å². The van der Waals surface area contributed by atoms with Crippen LogP contribution in [0.1, 0.15) is 6.42 Å². The summed E-state index contributed by atoms with van der Waals surface area (Å²) in [7, 11) is -1.49. The largest absolute Gasteiger partial charge is 0.478 e. The van der Waals surface area contributed by atoms with Crippen molar-refractivity contribution in [3.63, 3.8) is 0 Å². The quantitative estimate of drug-likeness (QED) is 0.797. The number of nitrogens with zero attached hydrogens (tertiary/aromatic N) is 2. The molecule has 0 fully saturated rings. The van der Waals surface area contributed by atoms with Crippen molar-refractivity contribution in [2.45, 2.75) is 12.5 Å². The number of carbonyl (C=O) groups excluding carboxylic acids is 1. The van der Waals surface area contributed by atoms with Crippen molar-refractivity contribution in [3.05, 3.63) is 54.6 Å². The lowest BCUT2D eigenvalue weighted by Crippen LogP contribution is -2.42. The zero-order valence-corrected chi connectivity index (χ0v) is 16.9. The molecule has 1 atom stereocenters. The van der Waals surface area contributed by atoms with E-state index in [0.717, 1.165) is 11.9 Å². The monoisotopic (exact) mass is 403 g/mol. The van der Waals surface area contributed by atoms with Gasteiger partial charge in [0.15, 0.2) is 6.10 Å². The first-order valence-corrected chi connectivity index (χ1v) is 11.0. The van der Waals surface area contributed by atoms with E-state index in [0.29, 0.717) is 24.5 Å². The maximum Gasteiger partial charge on any atom is 0.261 e. The number of hydrogen-bond donors (Lipinski definition) is 1. The summed E-state index contributed by atoms with van der Waals surface area (Å²) in [5, 5.41) is 2.89. The number of rotatable bonds is 6. The molecule has 2 aromatic rings. The van der Waals surface area contributed by atoms with Gasteiger partial charge in [-0.2, -0.15) is 0 Å². The Bertz CT molecular complexity index is 918. The minimum atomic E-state index is -3.46. The molecule has 150 valence electrons. The first-order chi connectivity index (χ1) is 13.4. The van der Waals surface area contributed by atoms with Gasteiger partial charge in [-0.15, -0.1) is 0 Å². The summed E-state index contributed by atoms with van der Waals surface area (Å²) in [5.74, 6) is 0.151. The summed E-state index contributed by atoms with van der Waals surface area (Å²) in [6.07, 6.45) is 0.695. The van der Waals surface area contributed by atoms with Crippen molar-refractivity contribution in [2.24, 2.45) is 0 Å².